The lowest BCUT2D eigenvalue weighted by Crippen LogP contribution is -2.38. The van der Waals surface area contributed by atoms with Crippen LogP contribution in [0.4, 0.5) is 0 Å². The number of benzene rings is 3. The molecule has 2 aliphatic rings. The molecule has 0 bridgehead atoms. The Bertz CT molecular complexity index is 1680. The first-order chi connectivity index (χ1) is 17.0. The van der Waals surface area contributed by atoms with Crippen molar-refractivity contribution in [3.8, 4) is 0 Å². The van der Waals surface area contributed by atoms with Crippen molar-refractivity contribution in [1.29, 1.82) is 0 Å². The minimum Gasteiger partial charge on any atom is -0.272 e. The lowest BCUT2D eigenvalue weighted by molar-refractivity contribution is 0.585. The Balaban J connectivity index is 1.61. The number of thioether (sulfide) groups is 1. The molecule has 6 rings (SSSR count). The number of allylic oxidation sites excluding steroid dienone is 1. The van der Waals surface area contributed by atoms with E-state index >= 15 is 0 Å². The zero-order valence-electron chi connectivity index (χ0n) is 18.8. The molecule has 0 saturated carbocycles. The van der Waals surface area contributed by atoms with E-state index < -0.39 is 0 Å². The van der Waals surface area contributed by atoms with Crippen molar-refractivity contribution in [1.82, 2.24) is 4.57 Å². The quantitative estimate of drug-likeness (QED) is 0.287. The predicted octanol–water partition coefficient (Wildman–Crippen LogP) is 6.35. The van der Waals surface area contributed by atoms with Gasteiger partial charge in [-0.3, -0.25) is 9.36 Å². The lowest BCUT2D eigenvalue weighted by atomic mass is 9.83. The second-order valence-electron chi connectivity index (χ2n) is 8.55. The van der Waals surface area contributed by atoms with E-state index in [0.29, 0.717) is 19.4 Å². The highest BCUT2D eigenvalue weighted by Gasteiger charge is 2.33. The van der Waals surface area contributed by atoms with E-state index in [1.54, 1.807) is 17.8 Å². The molecule has 0 amide bonds. The summed E-state index contributed by atoms with van der Waals surface area (Å²) in [5, 5.41) is 1.13. The van der Waals surface area contributed by atoms with E-state index in [4.69, 9.17) is 28.2 Å². The zero-order chi connectivity index (χ0) is 24.1. The van der Waals surface area contributed by atoms with Crippen LogP contribution in [-0.4, -0.2) is 10.8 Å². The molecule has 1 aliphatic carbocycles. The number of aryl methyl sites for hydroxylation is 1. The summed E-state index contributed by atoms with van der Waals surface area (Å²) in [6, 6.07) is 21.8. The molecule has 1 atom stereocenters. The Morgan fingerprint density at radius 1 is 1.06 bits per heavy atom. The summed E-state index contributed by atoms with van der Waals surface area (Å²) in [5.41, 5.74) is 6.30. The first-order valence-corrected chi connectivity index (χ1v) is 14.1. The fourth-order valence-electron chi connectivity index (χ4n) is 4.87. The summed E-state index contributed by atoms with van der Waals surface area (Å²) >= 11 is 16.1. The van der Waals surface area contributed by atoms with Crippen molar-refractivity contribution >= 4 is 58.1 Å². The number of aromatic nitrogens is 1. The number of fused-ring (bicyclic) bond motifs is 3. The molecule has 4 aromatic rings. The Labute approximate surface area is 221 Å². The number of halogens is 2. The molecule has 1 aliphatic heterocycles. The van der Waals surface area contributed by atoms with E-state index in [9.17, 15) is 4.79 Å². The zero-order valence-corrected chi connectivity index (χ0v) is 21.9. The lowest BCUT2D eigenvalue weighted by Gasteiger charge is -2.31. The standard InChI is InChI=1S/C28H20Cl2N2OS2/c1-34-19-10-6-16(7-11-19)14-24-27(33)32-26(21-13-9-18(29)15-23(21)30)22-12-8-17-4-2-3-5-20(17)25(22)31-28(32)35-24/h2-7,9-11,13-15,26H,8,12H2,1H3. The van der Waals surface area contributed by atoms with E-state index in [2.05, 4.69) is 36.6 Å². The maximum Gasteiger partial charge on any atom is 0.271 e. The monoisotopic (exact) mass is 534 g/mol. The van der Waals surface area contributed by atoms with Crippen molar-refractivity contribution < 1.29 is 0 Å². The largest absolute Gasteiger partial charge is 0.272 e. The number of rotatable bonds is 3. The highest BCUT2D eigenvalue weighted by Crippen LogP contribution is 2.43. The molecule has 0 spiro atoms. The minimum absolute atomic E-state index is 0.0517. The predicted molar refractivity (Wildman–Crippen MR) is 147 cm³/mol. The summed E-state index contributed by atoms with van der Waals surface area (Å²) in [7, 11) is 0. The van der Waals surface area contributed by atoms with Crippen molar-refractivity contribution in [3.05, 3.63) is 124 Å². The van der Waals surface area contributed by atoms with Gasteiger partial charge in [-0.25, -0.2) is 4.99 Å². The first kappa shape index (κ1) is 22.9. The average molecular weight is 536 g/mol. The van der Waals surface area contributed by atoms with Crippen LogP contribution in [0.15, 0.2) is 87.0 Å². The van der Waals surface area contributed by atoms with Crippen LogP contribution in [0.1, 0.15) is 34.7 Å². The van der Waals surface area contributed by atoms with Crippen molar-refractivity contribution in [2.75, 3.05) is 6.26 Å². The van der Waals surface area contributed by atoms with E-state index in [1.165, 1.54) is 21.8 Å². The van der Waals surface area contributed by atoms with Gasteiger partial charge in [-0.05, 0) is 71.7 Å². The number of thiazole rings is 1. The summed E-state index contributed by atoms with van der Waals surface area (Å²) < 4.78 is 2.47. The van der Waals surface area contributed by atoms with Crippen LogP contribution in [0, 0.1) is 0 Å². The molecule has 3 aromatic carbocycles. The second-order valence-corrected chi connectivity index (χ2v) is 11.3. The summed E-state index contributed by atoms with van der Waals surface area (Å²) in [4.78, 5) is 20.7. The van der Waals surface area contributed by atoms with Gasteiger partial charge in [0.1, 0.15) is 0 Å². The Hall–Kier alpha value is -2.57. The molecule has 1 unspecified atom stereocenters. The van der Waals surface area contributed by atoms with Crippen LogP contribution >= 0.6 is 46.3 Å². The maximum absolute atomic E-state index is 13.8. The molecule has 0 N–H and O–H groups in total. The molecule has 7 heteroatoms. The first-order valence-electron chi connectivity index (χ1n) is 11.3. The number of hydrogen-bond donors (Lipinski definition) is 0. The van der Waals surface area contributed by atoms with E-state index in [-0.39, 0.29) is 11.6 Å². The normalized spacial score (nSPS) is 17.0. The molecular formula is C28H20Cl2N2OS2. The molecule has 0 saturated heterocycles. The summed E-state index contributed by atoms with van der Waals surface area (Å²) in [6.45, 7) is 0. The van der Waals surface area contributed by atoms with Gasteiger partial charge in [-0.1, -0.05) is 77.0 Å². The van der Waals surface area contributed by atoms with Gasteiger partial charge in [0.15, 0.2) is 4.80 Å². The maximum atomic E-state index is 13.8. The van der Waals surface area contributed by atoms with Gasteiger partial charge in [0, 0.05) is 20.5 Å². The van der Waals surface area contributed by atoms with Crippen molar-refractivity contribution in [2.45, 2.75) is 23.8 Å². The molecule has 0 fully saturated rings. The van der Waals surface area contributed by atoms with Crippen LogP contribution in [0.5, 0.6) is 0 Å². The van der Waals surface area contributed by atoms with Gasteiger partial charge in [-0.15, -0.1) is 11.8 Å². The minimum atomic E-state index is -0.319. The molecule has 174 valence electrons. The van der Waals surface area contributed by atoms with E-state index in [1.807, 2.05) is 41.0 Å². The molecule has 0 radical (unpaired) electrons. The third-order valence-corrected chi connectivity index (χ3v) is 8.83. The third kappa shape index (κ3) is 4.01. The fraction of sp³-hybridized carbons (Fsp3) is 0.143. The van der Waals surface area contributed by atoms with Crippen LogP contribution in [0.25, 0.3) is 11.8 Å². The Kier molecular flexibility index (Phi) is 5.97. The number of hydrogen-bond acceptors (Lipinski definition) is 4. The van der Waals surface area contributed by atoms with Crippen LogP contribution in [0.3, 0.4) is 0 Å². The van der Waals surface area contributed by atoms with Gasteiger partial charge in [0.25, 0.3) is 5.56 Å². The van der Waals surface area contributed by atoms with Crippen LogP contribution in [0.2, 0.25) is 10.0 Å². The third-order valence-electron chi connectivity index (χ3n) is 6.54. The van der Waals surface area contributed by atoms with Crippen molar-refractivity contribution in [2.24, 2.45) is 4.99 Å². The Morgan fingerprint density at radius 2 is 1.86 bits per heavy atom. The fourth-order valence-corrected chi connectivity index (χ4v) is 6.79. The highest BCUT2D eigenvalue weighted by atomic mass is 35.5. The topological polar surface area (TPSA) is 34.4 Å². The SMILES string of the molecule is CSc1ccc(C=c2sc3n(c2=O)C(c2ccc(Cl)cc2Cl)C2=C(N=3)c3ccccc3CC2)cc1. The Morgan fingerprint density at radius 3 is 2.63 bits per heavy atom. The molecule has 2 heterocycles. The molecule has 1 aromatic heterocycles. The van der Waals surface area contributed by atoms with Gasteiger partial charge in [0.2, 0.25) is 0 Å². The number of nitrogens with zero attached hydrogens (tertiary/aromatic N) is 2. The summed E-state index contributed by atoms with van der Waals surface area (Å²) in [5.74, 6) is 0. The van der Waals surface area contributed by atoms with Gasteiger partial charge < -0.3 is 0 Å². The van der Waals surface area contributed by atoms with Crippen LogP contribution < -0.4 is 14.9 Å². The van der Waals surface area contributed by atoms with Gasteiger partial charge >= 0.3 is 0 Å². The van der Waals surface area contributed by atoms with Gasteiger partial charge in [-0.2, -0.15) is 0 Å². The smallest absolute Gasteiger partial charge is 0.271 e. The second kappa shape index (κ2) is 9.14. The molecular weight excluding hydrogens is 515 g/mol. The van der Waals surface area contributed by atoms with Gasteiger partial charge in [0.05, 0.1) is 16.3 Å². The summed E-state index contributed by atoms with van der Waals surface area (Å²) in [6.07, 6.45) is 5.72. The molecule has 35 heavy (non-hydrogen) atoms. The van der Waals surface area contributed by atoms with Crippen LogP contribution in [-0.2, 0) is 6.42 Å². The average Bonchev–Trinajstić information content (AvgIpc) is 3.18. The van der Waals surface area contributed by atoms with E-state index in [0.717, 1.165) is 40.8 Å². The van der Waals surface area contributed by atoms with Crippen molar-refractivity contribution in [3.63, 3.8) is 0 Å². The highest BCUT2D eigenvalue weighted by molar-refractivity contribution is 7.98. The molecule has 3 nitrogen and oxygen atoms in total.